The molecule has 1 aromatic rings. The largest absolute Gasteiger partial charge is 0.497 e. The number of amides is 1. The monoisotopic (exact) mass is 273 g/mol. The van der Waals surface area contributed by atoms with Crippen LogP contribution >= 0.6 is 0 Å². The number of halogens is 2. The van der Waals surface area contributed by atoms with Gasteiger partial charge < -0.3 is 10.1 Å². The van der Waals surface area contributed by atoms with E-state index >= 15 is 0 Å². The number of rotatable bonds is 4. The molecule has 0 bridgehead atoms. The Balaban J connectivity index is 2.88. The molecule has 0 fully saturated rings. The quantitative estimate of drug-likeness (QED) is 0.856. The van der Waals surface area contributed by atoms with Crippen LogP contribution in [-0.2, 0) is 4.79 Å². The van der Waals surface area contributed by atoms with E-state index in [0.29, 0.717) is 11.4 Å². The molecule has 0 saturated carbocycles. The highest BCUT2D eigenvalue weighted by Gasteiger charge is 2.51. The number of alkyl halides is 2. The molecule has 1 N–H and O–H groups in total. The molecule has 1 aromatic carbocycles. The first-order valence-electron chi connectivity index (χ1n) is 5.52. The molecule has 6 heteroatoms. The van der Waals surface area contributed by atoms with Gasteiger partial charge in [-0.25, -0.2) is 8.78 Å². The van der Waals surface area contributed by atoms with Gasteiger partial charge >= 0.3 is 5.55 Å². The summed E-state index contributed by atoms with van der Waals surface area (Å²) >= 11 is 0. The van der Waals surface area contributed by atoms with Gasteiger partial charge in [0.1, 0.15) is 13.8 Å². The lowest BCUT2D eigenvalue weighted by molar-refractivity contribution is -0.131. The van der Waals surface area contributed by atoms with Gasteiger partial charge in [0.25, 0.3) is 5.91 Å². The van der Waals surface area contributed by atoms with E-state index in [1.165, 1.54) is 32.8 Å². The van der Waals surface area contributed by atoms with Gasteiger partial charge in [-0.05, 0) is 12.1 Å². The van der Waals surface area contributed by atoms with Crippen molar-refractivity contribution in [1.82, 2.24) is 0 Å². The Bertz CT molecular complexity index is 444. The summed E-state index contributed by atoms with van der Waals surface area (Å²) < 4.78 is 32.6. The van der Waals surface area contributed by atoms with Crippen LogP contribution in [0.25, 0.3) is 0 Å². The Morgan fingerprint density at radius 3 is 2.44 bits per heavy atom. The van der Waals surface area contributed by atoms with E-state index in [-0.39, 0.29) is 0 Å². The average Bonchev–Trinajstić information content (AvgIpc) is 2.27. The third kappa shape index (κ3) is 3.07. The van der Waals surface area contributed by atoms with Crippen LogP contribution in [0.15, 0.2) is 24.3 Å². The fourth-order valence-electron chi connectivity index (χ4n) is 1.25. The van der Waals surface area contributed by atoms with Gasteiger partial charge in [-0.1, -0.05) is 25.7 Å². The van der Waals surface area contributed by atoms with Gasteiger partial charge in [-0.15, -0.1) is 0 Å². The fraction of sp³-hybridized carbons (Fsp3) is 0.417. The minimum atomic E-state index is -3.31. The van der Waals surface area contributed by atoms with Crippen LogP contribution in [0.1, 0.15) is 0 Å². The zero-order chi connectivity index (χ0) is 14.0. The van der Waals surface area contributed by atoms with Crippen LogP contribution in [0, 0.1) is 0 Å². The Morgan fingerprint density at radius 2 is 1.94 bits per heavy atom. The first kappa shape index (κ1) is 14.6. The lowest BCUT2D eigenvalue weighted by Crippen LogP contribution is -2.53. The van der Waals surface area contributed by atoms with Gasteiger partial charge in [0.05, 0.1) is 7.11 Å². The predicted molar refractivity (Wildman–Crippen MR) is 69.9 cm³/mol. The molecule has 0 radical (unpaired) electrons. The fourth-order valence-corrected chi connectivity index (χ4v) is 1.99. The summed E-state index contributed by atoms with van der Waals surface area (Å²) in [5.74, 6) is -0.751. The van der Waals surface area contributed by atoms with E-state index in [1.807, 2.05) is 0 Å². The summed E-state index contributed by atoms with van der Waals surface area (Å²) in [5, 5.41) is 2.23. The molecule has 0 saturated heterocycles. The molecule has 1 amide bonds. The molecule has 0 aliphatic carbocycles. The molecule has 0 aromatic heterocycles. The van der Waals surface area contributed by atoms with E-state index in [9.17, 15) is 13.6 Å². The van der Waals surface area contributed by atoms with Gasteiger partial charge in [0.15, 0.2) is 0 Å². The number of nitrogens with one attached hydrogen (secondary N) is 1. The van der Waals surface area contributed by atoms with Crippen molar-refractivity contribution in [3.8, 4) is 5.75 Å². The molecule has 0 spiro atoms. The lowest BCUT2D eigenvalue weighted by Gasteiger charge is -2.27. The standard InChI is InChI=1S/C12H17F2NO2Si/c1-17-10-7-5-6-9(8-10)15-11(16)12(13,14)18(2,3)4/h5-8H,1-4H3,(H,15,16). The molecule has 0 heterocycles. The van der Waals surface area contributed by atoms with Crippen molar-refractivity contribution in [2.75, 3.05) is 12.4 Å². The van der Waals surface area contributed by atoms with E-state index in [4.69, 9.17) is 4.74 Å². The summed E-state index contributed by atoms with van der Waals surface area (Å²) in [7, 11) is -1.43. The zero-order valence-corrected chi connectivity index (χ0v) is 11.9. The van der Waals surface area contributed by atoms with Crippen molar-refractivity contribution in [1.29, 1.82) is 0 Å². The number of ether oxygens (including phenoxy) is 1. The number of hydrogen-bond acceptors (Lipinski definition) is 2. The van der Waals surface area contributed by atoms with Crippen LogP contribution in [0.2, 0.25) is 19.6 Å². The van der Waals surface area contributed by atoms with Crippen LogP contribution in [-0.4, -0.2) is 26.6 Å². The lowest BCUT2D eigenvalue weighted by atomic mass is 10.3. The van der Waals surface area contributed by atoms with E-state index in [1.54, 1.807) is 18.2 Å². The molecule has 100 valence electrons. The predicted octanol–water partition coefficient (Wildman–Crippen LogP) is 3.15. The first-order valence-corrected chi connectivity index (χ1v) is 9.02. The zero-order valence-electron chi connectivity index (χ0n) is 10.9. The van der Waals surface area contributed by atoms with Crippen molar-refractivity contribution in [3.05, 3.63) is 24.3 Å². The second-order valence-corrected chi connectivity index (χ2v) is 10.1. The van der Waals surface area contributed by atoms with Crippen LogP contribution in [0.5, 0.6) is 5.75 Å². The maximum Gasteiger partial charge on any atom is 0.303 e. The molecule has 0 aliphatic heterocycles. The van der Waals surface area contributed by atoms with Gasteiger partial charge in [-0.3, -0.25) is 4.79 Å². The normalized spacial score (nSPS) is 12.1. The molecule has 0 atom stereocenters. The van der Waals surface area contributed by atoms with Gasteiger partial charge in [-0.2, -0.15) is 0 Å². The Kier molecular flexibility index (Phi) is 4.11. The Hall–Kier alpha value is -1.43. The minimum absolute atomic E-state index is 0.303. The number of carbonyl (C=O) groups excluding carboxylic acids is 1. The minimum Gasteiger partial charge on any atom is -0.497 e. The topological polar surface area (TPSA) is 38.3 Å². The van der Waals surface area contributed by atoms with E-state index in [0.717, 1.165) is 0 Å². The van der Waals surface area contributed by atoms with Gasteiger partial charge in [0, 0.05) is 11.8 Å². The maximum atomic E-state index is 13.8. The Morgan fingerprint density at radius 1 is 1.33 bits per heavy atom. The third-order valence-corrected chi connectivity index (χ3v) is 4.67. The summed E-state index contributed by atoms with van der Waals surface area (Å²) in [6.45, 7) is 4.37. The van der Waals surface area contributed by atoms with Crippen molar-refractivity contribution in [2.45, 2.75) is 25.2 Å². The van der Waals surface area contributed by atoms with Crippen molar-refractivity contribution < 1.29 is 18.3 Å². The molecule has 18 heavy (non-hydrogen) atoms. The summed E-state index contributed by atoms with van der Waals surface area (Å²) in [6.07, 6.45) is 0. The number of methoxy groups -OCH3 is 1. The molecular weight excluding hydrogens is 256 g/mol. The highest BCUT2D eigenvalue weighted by Crippen LogP contribution is 2.29. The maximum absolute atomic E-state index is 13.8. The average molecular weight is 273 g/mol. The van der Waals surface area contributed by atoms with Gasteiger partial charge in [0.2, 0.25) is 0 Å². The number of hydrogen-bond donors (Lipinski definition) is 1. The second kappa shape index (κ2) is 5.05. The highest BCUT2D eigenvalue weighted by atomic mass is 28.3. The SMILES string of the molecule is COc1cccc(NC(=O)C(F)(F)[Si](C)(C)C)c1. The highest BCUT2D eigenvalue weighted by molar-refractivity contribution is 6.81. The Labute approximate surface area is 106 Å². The molecular formula is C12H17F2NO2Si. The summed E-state index contributed by atoms with van der Waals surface area (Å²) in [5.41, 5.74) is -3.01. The second-order valence-electron chi connectivity index (χ2n) is 5.01. The molecule has 0 unspecified atom stereocenters. The van der Waals surface area contributed by atoms with Crippen molar-refractivity contribution in [3.63, 3.8) is 0 Å². The van der Waals surface area contributed by atoms with Crippen LogP contribution in [0.3, 0.4) is 0 Å². The molecule has 1 rings (SSSR count). The summed E-state index contributed by atoms with van der Waals surface area (Å²) in [4.78, 5) is 11.6. The third-order valence-electron chi connectivity index (χ3n) is 2.55. The van der Waals surface area contributed by atoms with E-state index < -0.39 is 19.5 Å². The first-order chi connectivity index (χ1) is 8.18. The van der Waals surface area contributed by atoms with Crippen LogP contribution in [0.4, 0.5) is 14.5 Å². The smallest absolute Gasteiger partial charge is 0.303 e. The van der Waals surface area contributed by atoms with Crippen molar-refractivity contribution in [2.24, 2.45) is 0 Å². The number of anilines is 1. The number of carbonyl (C=O) groups is 1. The number of benzene rings is 1. The molecule has 3 nitrogen and oxygen atoms in total. The summed E-state index contributed by atoms with van der Waals surface area (Å²) in [6, 6.07) is 6.34. The molecule has 0 aliphatic rings. The van der Waals surface area contributed by atoms with E-state index in [2.05, 4.69) is 5.32 Å². The van der Waals surface area contributed by atoms with Crippen molar-refractivity contribution >= 4 is 19.7 Å². The van der Waals surface area contributed by atoms with Crippen LogP contribution < -0.4 is 10.1 Å².